The third-order valence-electron chi connectivity index (χ3n) is 3.66. The van der Waals surface area contributed by atoms with Gasteiger partial charge in [-0.2, -0.15) is 0 Å². The standard InChI is InChI=1S/C11H20O.2C2H6.B/c1-2-9-8-12-11-7-5-3-4-6-10(9)11;2*1-2;/h9-11H,2-8H2,1H3;2*1-2H3;/t9?,10-,11+;;;/m0.../s1. The first-order valence-corrected chi connectivity index (χ1v) is 7.53. The van der Waals surface area contributed by atoms with Crippen LogP contribution in [-0.4, -0.2) is 21.1 Å². The molecule has 2 aliphatic rings. The number of hydrogen-bond acceptors (Lipinski definition) is 1. The summed E-state index contributed by atoms with van der Waals surface area (Å²) in [4.78, 5) is 0. The van der Waals surface area contributed by atoms with Crippen LogP contribution in [0.5, 0.6) is 0 Å². The van der Waals surface area contributed by atoms with Crippen molar-refractivity contribution in [3.05, 3.63) is 0 Å². The molecule has 0 spiro atoms. The van der Waals surface area contributed by atoms with Crippen LogP contribution in [0.4, 0.5) is 0 Å². The molecular weight excluding hydrogens is 207 g/mol. The molecule has 3 radical (unpaired) electrons. The Morgan fingerprint density at radius 2 is 1.53 bits per heavy atom. The van der Waals surface area contributed by atoms with Crippen molar-refractivity contribution in [1.29, 1.82) is 0 Å². The molecule has 1 aliphatic heterocycles. The van der Waals surface area contributed by atoms with Gasteiger partial charge in [-0.05, 0) is 24.7 Å². The molecule has 3 atom stereocenters. The van der Waals surface area contributed by atoms with Crippen LogP contribution in [0.1, 0.15) is 73.1 Å². The average Bonchev–Trinajstić information content (AvgIpc) is 2.62. The topological polar surface area (TPSA) is 9.23 Å². The number of rotatable bonds is 1. The molecule has 101 valence electrons. The molecule has 1 heterocycles. The summed E-state index contributed by atoms with van der Waals surface area (Å²) in [6.07, 6.45) is 9.01. The second kappa shape index (κ2) is 12.5. The lowest BCUT2D eigenvalue weighted by Gasteiger charge is -2.18. The van der Waals surface area contributed by atoms with E-state index < -0.39 is 0 Å². The van der Waals surface area contributed by atoms with Crippen LogP contribution in [-0.2, 0) is 4.74 Å². The van der Waals surface area contributed by atoms with Crippen LogP contribution < -0.4 is 0 Å². The van der Waals surface area contributed by atoms with Crippen molar-refractivity contribution in [1.82, 2.24) is 0 Å². The van der Waals surface area contributed by atoms with Gasteiger partial charge in [-0.15, -0.1) is 0 Å². The van der Waals surface area contributed by atoms with E-state index in [-0.39, 0.29) is 8.41 Å². The van der Waals surface area contributed by atoms with E-state index in [0.717, 1.165) is 18.4 Å². The van der Waals surface area contributed by atoms with E-state index in [1.165, 1.54) is 38.5 Å². The molecule has 1 aliphatic carbocycles. The fraction of sp³-hybridized carbons (Fsp3) is 1.00. The average molecular weight is 239 g/mol. The predicted octanol–water partition coefficient (Wildman–Crippen LogP) is 4.66. The molecule has 0 aromatic rings. The molecule has 2 heteroatoms. The van der Waals surface area contributed by atoms with Crippen molar-refractivity contribution in [2.24, 2.45) is 11.8 Å². The number of hydrogen-bond donors (Lipinski definition) is 0. The quantitative estimate of drug-likeness (QED) is 0.604. The van der Waals surface area contributed by atoms with Gasteiger partial charge in [-0.25, -0.2) is 0 Å². The van der Waals surface area contributed by atoms with Gasteiger partial charge in [0.25, 0.3) is 0 Å². The lowest BCUT2D eigenvalue weighted by Crippen LogP contribution is -2.18. The van der Waals surface area contributed by atoms with Crippen molar-refractivity contribution in [2.75, 3.05) is 6.61 Å². The molecule has 2 fully saturated rings. The minimum atomic E-state index is 0. The maximum Gasteiger partial charge on any atom is 0.0606 e. The summed E-state index contributed by atoms with van der Waals surface area (Å²) >= 11 is 0. The highest BCUT2D eigenvalue weighted by molar-refractivity contribution is 5.75. The first-order valence-electron chi connectivity index (χ1n) is 7.53. The van der Waals surface area contributed by atoms with Crippen molar-refractivity contribution in [2.45, 2.75) is 79.2 Å². The molecule has 1 saturated heterocycles. The Morgan fingerprint density at radius 3 is 2.12 bits per heavy atom. The van der Waals surface area contributed by atoms with Gasteiger partial charge in [0.1, 0.15) is 0 Å². The molecule has 0 N–H and O–H groups in total. The van der Waals surface area contributed by atoms with Gasteiger partial charge in [0.2, 0.25) is 0 Å². The van der Waals surface area contributed by atoms with Crippen LogP contribution in [0.3, 0.4) is 0 Å². The lowest BCUT2D eigenvalue weighted by atomic mass is 9.86. The minimum absolute atomic E-state index is 0. The van der Waals surface area contributed by atoms with E-state index in [9.17, 15) is 0 Å². The SMILES string of the molecule is CC.CC.CCC1CO[C@@H]2CCCCC[C@@H]12.[B]. The minimum Gasteiger partial charge on any atom is -0.378 e. The maximum atomic E-state index is 5.84. The third-order valence-corrected chi connectivity index (χ3v) is 3.66. The van der Waals surface area contributed by atoms with E-state index in [0.29, 0.717) is 6.10 Å². The molecular formula is C15H32BO. The van der Waals surface area contributed by atoms with Crippen LogP contribution in [0, 0.1) is 11.8 Å². The van der Waals surface area contributed by atoms with Crippen LogP contribution in [0.2, 0.25) is 0 Å². The van der Waals surface area contributed by atoms with Gasteiger partial charge >= 0.3 is 0 Å². The van der Waals surface area contributed by atoms with Crippen molar-refractivity contribution < 1.29 is 4.74 Å². The van der Waals surface area contributed by atoms with Crippen LogP contribution in [0.25, 0.3) is 0 Å². The van der Waals surface area contributed by atoms with E-state index in [1.54, 1.807) is 0 Å². The molecule has 2 rings (SSSR count). The summed E-state index contributed by atoms with van der Waals surface area (Å²) in [5.74, 6) is 1.80. The summed E-state index contributed by atoms with van der Waals surface area (Å²) in [6.45, 7) is 11.4. The molecule has 1 saturated carbocycles. The smallest absolute Gasteiger partial charge is 0.0606 e. The highest BCUT2D eigenvalue weighted by atomic mass is 16.5. The third kappa shape index (κ3) is 5.95. The zero-order valence-electron chi connectivity index (χ0n) is 12.7. The lowest BCUT2D eigenvalue weighted by molar-refractivity contribution is 0.0846. The summed E-state index contributed by atoms with van der Waals surface area (Å²) in [6, 6.07) is 0. The van der Waals surface area contributed by atoms with E-state index in [2.05, 4.69) is 6.92 Å². The van der Waals surface area contributed by atoms with Crippen LogP contribution in [0.15, 0.2) is 0 Å². The highest BCUT2D eigenvalue weighted by Gasteiger charge is 2.36. The fourth-order valence-corrected chi connectivity index (χ4v) is 2.84. The zero-order chi connectivity index (χ0) is 12.4. The van der Waals surface area contributed by atoms with Crippen molar-refractivity contribution in [3.63, 3.8) is 0 Å². The molecule has 0 amide bonds. The Kier molecular flexibility index (Phi) is 14.2. The Bertz CT molecular complexity index is 150. The largest absolute Gasteiger partial charge is 0.378 e. The van der Waals surface area contributed by atoms with E-state index >= 15 is 0 Å². The van der Waals surface area contributed by atoms with Gasteiger partial charge in [0.15, 0.2) is 0 Å². The van der Waals surface area contributed by atoms with Gasteiger partial charge in [0, 0.05) is 8.41 Å². The molecule has 0 bridgehead atoms. The van der Waals surface area contributed by atoms with Gasteiger partial charge in [0.05, 0.1) is 12.7 Å². The zero-order valence-corrected chi connectivity index (χ0v) is 12.7. The first kappa shape index (κ1) is 19.4. The molecule has 1 nitrogen and oxygen atoms in total. The highest BCUT2D eigenvalue weighted by Crippen LogP contribution is 2.38. The fourth-order valence-electron chi connectivity index (χ4n) is 2.84. The molecule has 17 heavy (non-hydrogen) atoms. The summed E-state index contributed by atoms with van der Waals surface area (Å²) < 4.78 is 5.84. The predicted molar refractivity (Wildman–Crippen MR) is 78.5 cm³/mol. The van der Waals surface area contributed by atoms with Crippen LogP contribution >= 0.6 is 0 Å². The summed E-state index contributed by atoms with van der Waals surface area (Å²) in [5.41, 5.74) is 0. The maximum absolute atomic E-state index is 5.84. The monoisotopic (exact) mass is 239 g/mol. The Morgan fingerprint density at radius 1 is 0.941 bits per heavy atom. The molecule has 1 unspecified atom stereocenters. The number of fused-ring (bicyclic) bond motifs is 1. The Balaban J connectivity index is 0. The van der Waals surface area contributed by atoms with Crippen molar-refractivity contribution >= 4 is 8.41 Å². The second-order valence-corrected chi connectivity index (χ2v) is 4.34. The summed E-state index contributed by atoms with van der Waals surface area (Å²) in [5, 5.41) is 0. The Hall–Kier alpha value is 0.0249. The van der Waals surface area contributed by atoms with E-state index in [4.69, 9.17) is 4.74 Å². The van der Waals surface area contributed by atoms with E-state index in [1.807, 2.05) is 27.7 Å². The second-order valence-electron chi connectivity index (χ2n) is 4.34. The van der Waals surface area contributed by atoms with Gasteiger partial charge < -0.3 is 4.74 Å². The first-order chi connectivity index (χ1) is 7.92. The van der Waals surface area contributed by atoms with Crippen molar-refractivity contribution in [3.8, 4) is 0 Å². The normalized spacial score (nSPS) is 30.5. The Labute approximate surface area is 111 Å². The summed E-state index contributed by atoms with van der Waals surface area (Å²) in [7, 11) is 0. The molecule has 0 aromatic heterocycles. The number of ether oxygens (including phenoxy) is 1. The molecule has 0 aromatic carbocycles. The van der Waals surface area contributed by atoms with Gasteiger partial charge in [-0.3, -0.25) is 0 Å². The van der Waals surface area contributed by atoms with Gasteiger partial charge in [-0.1, -0.05) is 60.3 Å².